The Balaban J connectivity index is 1.31. The van der Waals surface area contributed by atoms with Crippen LogP contribution in [0.25, 0.3) is 16.8 Å². The maximum atomic E-state index is 13.2. The topological polar surface area (TPSA) is 51.2 Å². The summed E-state index contributed by atoms with van der Waals surface area (Å²) >= 11 is 0. The predicted octanol–water partition coefficient (Wildman–Crippen LogP) is 4.16. The van der Waals surface area contributed by atoms with Gasteiger partial charge in [0.1, 0.15) is 6.61 Å². The fourth-order valence-electron chi connectivity index (χ4n) is 4.65. The van der Waals surface area contributed by atoms with E-state index in [4.69, 9.17) is 14.2 Å². The number of hydrogen-bond acceptors (Lipinski definition) is 5. The van der Waals surface area contributed by atoms with Gasteiger partial charge in [0, 0.05) is 38.3 Å². The van der Waals surface area contributed by atoms with E-state index in [9.17, 15) is 4.79 Å². The van der Waals surface area contributed by atoms with Gasteiger partial charge in [0.05, 0.1) is 26.0 Å². The summed E-state index contributed by atoms with van der Waals surface area (Å²) in [7, 11) is 1.65. The lowest BCUT2D eigenvalue weighted by molar-refractivity contribution is -0.114. The molecule has 1 amide bonds. The molecule has 0 atom stereocenters. The normalized spacial score (nSPS) is 16.2. The van der Waals surface area contributed by atoms with Crippen molar-refractivity contribution in [1.82, 2.24) is 4.90 Å². The number of ether oxygens (including phenoxy) is 3. The van der Waals surface area contributed by atoms with E-state index in [0.29, 0.717) is 24.7 Å². The van der Waals surface area contributed by atoms with Crippen LogP contribution in [-0.4, -0.2) is 63.9 Å². The van der Waals surface area contributed by atoms with Crippen molar-refractivity contribution in [2.45, 2.75) is 6.42 Å². The van der Waals surface area contributed by atoms with Crippen molar-refractivity contribution >= 4 is 28.4 Å². The van der Waals surface area contributed by atoms with Crippen LogP contribution < -0.4 is 14.4 Å². The van der Waals surface area contributed by atoms with Gasteiger partial charge in [-0.15, -0.1) is 0 Å². The summed E-state index contributed by atoms with van der Waals surface area (Å²) < 4.78 is 17.1. The summed E-state index contributed by atoms with van der Waals surface area (Å²) in [5.74, 6) is 1.35. The van der Waals surface area contributed by atoms with Gasteiger partial charge in [-0.2, -0.15) is 0 Å². The van der Waals surface area contributed by atoms with E-state index in [1.54, 1.807) is 13.2 Å². The average Bonchev–Trinajstić information content (AvgIpc) is 3.30. The average molecular weight is 459 g/mol. The van der Waals surface area contributed by atoms with E-state index in [2.05, 4.69) is 23.1 Å². The largest absolute Gasteiger partial charge is 0.493 e. The molecule has 2 aliphatic heterocycles. The van der Waals surface area contributed by atoms with Gasteiger partial charge in [-0.25, -0.2) is 0 Å². The molecule has 2 aliphatic rings. The first-order chi connectivity index (χ1) is 16.7. The third-order valence-electron chi connectivity index (χ3n) is 6.52. The molecule has 5 rings (SSSR count). The van der Waals surface area contributed by atoms with E-state index in [-0.39, 0.29) is 5.91 Å². The quantitative estimate of drug-likeness (QED) is 0.498. The van der Waals surface area contributed by atoms with E-state index in [0.717, 1.165) is 66.9 Å². The first kappa shape index (κ1) is 22.4. The first-order valence-corrected chi connectivity index (χ1v) is 11.8. The molecule has 0 spiro atoms. The van der Waals surface area contributed by atoms with Gasteiger partial charge in [0.2, 0.25) is 0 Å². The van der Waals surface area contributed by atoms with Gasteiger partial charge in [-0.05, 0) is 40.5 Å². The summed E-state index contributed by atoms with van der Waals surface area (Å²) in [5.41, 5.74) is 3.03. The Labute approximate surface area is 200 Å². The molecule has 6 nitrogen and oxygen atoms in total. The Hall–Kier alpha value is -3.35. The van der Waals surface area contributed by atoms with Crippen molar-refractivity contribution in [3.8, 4) is 11.5 Å². The molecule has 1 saturated heterocycles. The Morgan fingerprint density at radius 1 is 1.03 bits per heavy atom. The van der Waals surface area contributed by atoms with Gasteiger partial charge in [-0.1, -0.05) is 42.5 Å². The molecule has 3 aromatic carbocycles. The lowest BCUT2D eigenvalue weighted by Crippen LogP contribution is -2.38. The number of morpholine rings is 1. The Morgan fingerprint density at radius 3 is 2.71 bits per heavy atom. The minimum Gasteiger partial charge on any atom is -0.493 e. The standard InChI is InChI=1S/C28H30N2O4/c1-32-26-19-23-11-12-30(25(23)20-27(26)34-18-15-29-13-16-33-17-14-29)28(31)10-9-22-7-4-6-21-5-2-3-8-24(21)22/h2-10,19-20H,11-18H2,1H3/b10-9+. The smallest absolute Gasteiger partial charge is 0.251 e. The number of fused-ring (bicyclic) bond motifs is 2. The number of methoxy groups -OCH3 is 1. The molecule has 0 N–H and O–H groups in total. The Morgan fingerprint density at radius 2 is 1.85 bits per heavy atom. The lowest BCUT2D eigenvalue weighted by atomic mass is 10.0. The second-order valence-corrected chi connectivity index (χ2v) is 8.58. The van der Waals surface area contributed by atoms with Crippen molar-refractivity contribution in [2.24, 2.45) is 0 Å². The second-order valence-electron chi connectivity index (χ2n) is 8.58. The van der Waals surface area contributed by atoms with Crippen LogP contribution in [0.5, 0.6) is 11.5 Å². The van der Waals surface area contributed by atoms with Crippen LogP contribution in [0.15, 0.2) is 60.7 Å². The molecule has 0 saturated carbocycles. The molecule has 0 aliphatic carbocycles. The van der Waals surface area contributed by atoms with Crippen LogP contribution >= 0.6 is 0 Å². The number of amides is 1. The van der Waals surface area contributed by atoms with E-state index in [1.807, 2.05) is 47.4 Å². The van der Waals surface area contributed by atoms with E-state index >= 15 is 0 Å². The molecule has 2 heterocycles. The SMILES string of the molecule is COc1cc2c(cc1OCCN1CCOCC1)N(C(=O)/C=C/c1cccc3ccccc13)CC2. The fourth-order valence-corrected chi connectivity index (χ4v) is 4.65. The fraction of sp³-hybridized carbons (Fsp3) is 0.321. The number of carbonyl (C=O) groups excluding carboxylic acids is 1. The minimum absolute atomic E-state index is 0.0314. The van der Waals surface area contributed by atoms with Crippen LogP contribution in [0.4, 0.5) is 5.69 Å². The zero-order chi connectivity index (χ0) is 23.3. The van der Waals surface area contributed by atoms with Crippen molar-refractivity contribution in [3.63, 3.8) is 0 Å². The van der Waals surface area contributed by atoms with Gasteiger partial charge >= 0.3 is 0 Å². The number of anilines is 1. The highest BCUT2D eigenvalue weighted by molar-refractivity contribution is 6.06. The number of hydrogen-bond donors (Lipinski definition) is 0. The lowest BCUT2D eigenvalue weighted by Gasteiger charge is -2.26. The summed E-state index contributed by atoms with van der Waals surface area (Å²) in [6.45, 7) is 5.43. The van der Waals surface area contributed by atoms with Gasteiger partial charge in [0.25, 0.3) is 5.91 Å². The summed E-state index contributed by atoms with van der Waals surface area (Å²) in [5, 5.41) is 2.30. The Bertz CT molecular complexity index is 1190. The second kappa shape index (κ2) is 10.3. The first-order valence-electron chi connectivity index (χ1n) is 11.8. The van der Waals surface area contributed by atoms with Crippen molar-refractivity contribution in [3.05, 3.63) is 71.8 Å². The van der Waals surface area contributed by atoms with Crippen molar-refractivity contribution in [2.75, 3.05) is 58.0 Å². The molecule has 0 bridgehead atoms. The van der Waals surface area contributed by atoms with Crippen molar-refractivity contribution in [1.29, 1.82) is 0 Å². The molecule has 1 fully saturated rings. The molecular weight excluding hydrogens is 428 g/mol. The zero-order valence-electron chi connectivity index (χ0n) is 19.5. The molecule has 0 aromatic heterocycles. The molecular formula is C28H30N2O4. The highest BCUT2D eigenvalue weighted by atomic mass is 16.5. The number of rotatable bonds is 7. The minimum atomic E-state index is -0.0314. The van der Waals surface area contributed by atoms with Crippen LogP contribution in [0.3, 0.4) is 0 Å². The van der Waals surface area contributed by atoms with E-state index in [1.165, 1.54) is 0 Å². The molecule has 0 unspecified atom stereocenters. The maximum absolute atomic E-state index is 13.2. The molecule has 176 valence electrons. The monoisotopic (exact) mass is 458 g/mol. The van der Waals surface area contributed by atoms with Crippen molar-refractivity contribution < 1.29 is 19.0 Å². The van der Waals surface area contributed by atoms with Crippen LogP contribution in [0.2, 0.25) is 0 Å². The van der Waals surface area contributed by atoms with Crippen LogP contribution in [-0.2, 0) is 16.0 Å². The highest BCUT2D eigenvalue weighted by Crippen LogP contribution is 2.39. The number of carbonyl (C=O) groups is 1. The maximum Gasteiger partial charge on any atom is 0.251 e. The van der Waals surface area contributed by atoms with Crippen LogP contribution in [0.1, 0.15) is 11.1 Å². The Kier molecular flexibility index (Phi) is 6.79. The van der Waals surface area contributed by atoms with Gasteiger partial charge in [0.15, 0.2) is 11.5 Å². The number of nitrogens with zero attached hydrogens (tertiary/aromatic N) is 2. The third-order valence-corrected chi connectivity index (χ3v) is 6.52. The molecule has 0 radical (unpaired) electrons. The highest BCUT2D eigenvalue weighted by Gasteiger charge is 2.26. The van der Waals surface area contributed by atoms with Gasteiger partial charge in [-0.3, -0.25) is 9.69 Å². The van der Waals surface area contributed by atoms with Crippen LogP contribution in [0, 0.1) is 0 Å². The molecule has 3 aromatic rings. The zero-order valence-corrected chi connectivity index (χ0v) is 19.5. The molecule has 34 heavy (non-hydrogen) atoms. The third kappa shape index (κ3) is 4.79. The summed E-state index contributed by atoms with van der Waals surface area (Å²) in [6.07, 6.45) is 4.37. The number of benzene rings is 3. The predicted molar refractivity (Wildman–Crippen MR) is 135 cm³/mol. The van der Waals surface area contributed by atoms with Gasteiger partial charge < -0.3 is 19.1 Å². The summed E-state index contributed by atoms with van der Waals surface area (Å²) in [4.78, 5) is 17.3. The van der Waals surface area contributed by atoms with E-state index < -0.39 is 0 Å². The summed E-state index contributed by atoms with van der Waals surface area (Å²) in [6, 6.07) is 18.3. The molecule has 6 heteroatoms.